The molecular weight excluding hydrogens is 387 g/mol. The van der Waals surface area contributed by atoms with E-state index in [4.69, 9.17) is 9.29 Å². The molecule has 2 aromatic carbocycles. The van der Waals surface area contributed by atoms with E-state index in [9.17, 15) is 13.5 Å². The Balaban J connectivity index is 0.00000392. The molecule has 0 heterocycles. The van der Waals surface area contributed by atoms with Crippen molar-refractivity contribution in [2.24, 2.45) is 0 Å². The summed E-state index contributed by atoms with van der Waals surface area (Å²) in [6.07, 6.45) is 9.94. The van der Waals surface area contributed by atoms with Crippen LogP contribution < -0.4 is 39.4 Å². The van der Waals surface area contributed by atoms with Crippen molar-refractivity contribution in [1.29, 1.82) is 0 Å². The van der Waals surface area contributed by atoms with Gasteiger partial charge in [0.15, 0.2) is 0 Å². The van der Waals surface area contributed by atoms with E-state index in [1.165, 1.54) is 50.2 Å². The topological polar surface area (TPSA) is 86.7 Å². The van der Waals surface area contributed by atoms with Gasteiger partial charge in [0.25, 0.3) is 10.1 Å². The molecule has 0 bridgehead atoms. The van der Waals surface area contributed by atoms with E-state index in [2.05, 4.69) is 6.92 Å². The van der Waals surface area contributed by atoms with Gasteiger partial charge in [0.1, 0.15) is 11.5 Å². The molecule has 0 unspecified atom stereocenters. The molecule has 0 aromatic heterocycles. The van der Waals surface area contributed by atoms with Crippen LogP contribution >= 0.6 is 0 Å². The minimum absolute atomic E-state index is 0. The molecule has 28 heavy (non-hydrogen) atoms. The Bertz CT molecular complexity index is 819. The Morgan fingerprint density at radius 3 is 2.07 bits per heavy atom. The van der Waals surface area contributed by atoms with E-state index in [0.29, 0.717) is 5.75 Å². The molecule has 0 aliphatic carbocycles. The largest absolute Gasteiger partial charge is 1.00 e. The summed E-state index contributed by atoms with van der Waals surface area (Å²) >= 11 is 0. The Morgan fingerprint density at radius 1 is 0.893 bits per heavy atom. The van der Waals surface area contributed by atoms with Gasteiger partial charge in [0.2, 0.25) is 0 Å². The molecule has 0 fully saturated rings. The fourth-order valence-electron chi connectivity index (χ4n) is 2.90. The number of hydrogen-bond donors (Lipinski definition) is 1. The summed E-state index contributed by atoms with van der Waals surface area (Å²) in [6, 6.07) is 11.1. The fraction of sp³-hybridized carbons (Fsp3) is 0.429. The van der Waals surface area contributed by atoms with Crippen LogP contribution in [0.2, 0.25) is 0 Å². The van der Waals surface area contributed by atoms with Gasteiger partial charge in [-0.05, 0) is 36.6 Å². The number of unbranched alkanes of at least 4 members (excludes halogenated alkanes) is 6. The minimum atomic E-state index is -4.57. The van der Waals surface area contributed by atoms with E-state index in [-0.39, 0.29) is 35.3 Å². The molecule has 2 aromatic rings. The van der Waals surface area contributed by atoms with Gasteiger partial charge in [-0.15, -0.1) is 0 Å². The molecule has 0 amide bonds. The first-order valence-electron chi connectivity index (χ1n) is 9.45. The number of hydrogen-bond acceptors (Lipinski definition) is 4. The normalized spacial score (nSPS) is 11.1. The molecule has 0 saturated heterocycles. The molecule has 0 spiro atoms. The molecule has 0 radical (unpaired) electrons. The van der Waals surface area contributed by atoms with Gasteiger partial charge in [0.05, 0.1) is 4.90 Å². The van der Waals surface area contributed by atoms with Crippen molar-refractivity contribution in [3.63, 3.8) is 0 Å². The molecule has 0 aliphatic heterocycles. The van der Waals surface area contributed by atoms with Crippen molar-refractivity contribution in [3.8, 4) is 17.2 Å². The third kappa shape index (κ3) is 8.53. The molecule has 148 valence electrons. The molecule has 1 N–H and O–H groups in total. The summed E-state index contributed by atoms with van der Waals surface area (Å²) in [5.74, 6) is -0.0461. The van der Waals surface area contributed by atoms with Crippen LogP contribution in [-0.4, -0.2) is 13.0 Å². The maximum absolute atomic E-state index is 11.5. The number of aryl methyl sites for hydroxylation is 1. The van der Waals surface area contributed by atoms with E-state index in [1.54, 1.807) is 0 Å². The zero-order valence-corrected chi connectivity index (χ0v) is 19.5. The van der Waals surface area contributed by atoms with Gasteiger partial charge in [-0.3, -0.25) is 4.55 Å². The van der Waals surface area contributed by atoms with Gasteiger partial charge >= 0.3 is 29.6 Å². The van der Waals surface area contributed by atoms with Crippen molar-refractivity contribution >= 4 is 10.1 Å². The fourth-order valence-corrected chi connectivity index (χ4v) is 3.49. The minimum Gasteiger partial charge on any atom is -0.872 e. The van der Waals surface area contributed by atoms with Gasteiger partial charge in [-0.25, -0.2) is 0 Å². The maximum Gasteiger partial charge on any atom is 1.00 e. The number of rotatable bonds is 11. The first kappa shape index (κ1) is 25.0. The van der Waals surface area contributed by atoms with E-state index in [1.807, 2.05) is 24.3 Å². The Labute approximate surface area is 190 Å². The SMILES string of the molecule is CCCCCCCCCc1ccc(Oc2ccc([O-])c(S(=O)(=O)O)c2)cc1.[Na+]. The van der Waals surface area contributed by atoms with Gasteiger partial charge < -0.3 is 9.84 Å². The molecule has 0 aliphatic rings. The third-order valence-electron chi connectivity index (χ3n) is 4.42. The zero-order valence-electron chi connectivity index (χ0n) is 16.7. The molecular formula is C21H27NaO5S. The number of benzene rings is 2. The van der Waals surface area contributed by atoms with Crippen LogP contribution in [0.5, 0.6) is 17.2 Å². The van der Waals surface area contributed by atoms with Crippen molar-refractivity contribution < 1.29 is 52.4 Å². The van der Waals surface area contributed by atoms with Crippen molar-refractivity contribution in [1.82, 2.24) is 0 Å². The maximum atomic E-state index is 11.5. The van der Waals surface area contributed by atoms with E-state index in [0.717, 1.165) is 25.0 Å². The molecule has 0 saturated carbocycles. The van der Waals surface area contributed by atoms with Crippen LogP contribution in [0.3, 0.4) is 0 Å². The van der Waals surface area contributed by atoms with E-state index >= 15 is 0 Å². The van der Waals surface area contributed by atoms with Crippen LogP contribution in [0.25, 0.3) is 0 Å². The Kier molecular flexibility index (Phi) is 11.2. The molecule has 5 nitrogen and oxygen atoms in total. The standard InChI is InChI=1S/C21H28O5S.Na/c1-2-3-4-5-6-7-8-9-17-10-12-18(13-11-17)26-19-14-15-20(22)21(16-19)27(23,24)25;/h10-16,22H,2-9H2,1H3,(H,23,24,25);/q;+1/p-1. The van der Waals surface area contributed by atoms with Gasteiger partial charge in [0, 0.05) is 6.07 Å². The second kappa shape index (κ2) is 12.5. The summed E-state index contributed by atoms with van der Waals surface area (Å²) in [5.41, 5.74) is 1.23. The Morgan fingerprint density at radius 2 is 1.46 bits per heavy atom. The number of ether oxygens (including phenoxy) is 1. The van der Waals surface area contributed by atoms with E-state index < -0.39 is 20.8 Å². The van der Waals surface area contributed by atoms with Crippen molar-refractivity contribution in [3.05, 3.63) is 48.0 Å². The quantitative estimate of drug-likeness (QED) is 0.346. The zero-order chi connectivity index (χ0) is 19.7. The van der Waals surface area contributed by atoms with Crippen LogP contribution in [-0.2, 0) is 16.5 Å². The molecule has 0 atom stereocenters. The van der Waals surface area contributed by atoms with Crippen LogP contribution in [0.4, 0.5) is 0 Å². The van der Waals surface area contributed by atoms with Crippen LogP contribution in [0.15, 0.2) is 47.4 Å². The van der Waals surface area contributed by atoms with Crippen LogP contribution in [0, 0.1) is 0 Å². The van der Waals surface area contributed by atoms with Gasteiger partial charge in [-0.2, -0.15) is 8.42 Å². The summed E-state index contributed by atoms with van der Waals surface area (Å²) in [4.78, 5) is -0.685. The van der Waals surface area contributed by atoms with Gasteiger partial charge in [-0.1, -0.05) is 69.4 Å². The summed E-state index contributed by atoms with van der Waals surface area (Å²) in [7, 11) is -4.57. The predicted octanol–water partition coefficient (Wildman–Crippen LogP) is 2.10. The molecule has 2 rings (SSSR count). The average Bonchev–Trinajstić information content (AvgIpc) is 2.63. The predicted molar refractivity (Wildman–Crippen MR) is 104 cm³/mol. The van der Waals surface area contributed by atoms with Crippen LogP contribution in [0.1, 0.15) is 57.4 Å². The first-order valence-corrected chi connectivity index (χ1v) is 10.9. The monoisotopic (exact) mass is 414 g/mol. The third-order valence-corrected chi connectivity index (χ3v) is 5.30. The second-order valence-electron chi connectivity index (χ2n) is 6.70. The van der Waals surface area contributed by atoms with Crippen molar-refractivity contribution in [2.45, 2.75) is 63.2 Å². The van der Waals surface area contributed by atoms with Crippen molar-refractivity contribution in [2.75, 3.05) is 0 Å². The average molecular weight is 414 g/mol. The Hall–Kier alpha value is -1.05. The first-order chi connectivity index (χ1) is 12.9. The summed E-state index contributed by atoms with van der Waals surface area (Å²) in [5, 5.41) is 11.5. The smallest absolute Gasteiger partial charge is 0.872 e. The second-order valence-corrected chi connectivity index (χ2v) is 8.09. The summed E-state index contributed by atoms with van der Waals surface area (Å²) < 4.78 is 37.1. The summed E-state index contributed by atoms with van der Waals surface area (Å²) in [6.45, 7) is 2.22. The molecule has 7 heteroatoms.